The zero-order valence-corrected chi connectivity index (χ0v) is 17.3. The van der Waals surface area contributed by atoms with Crippen LogP contribution in [0.4, 0.5) is 0 Å². The van der Waals surface area contributed by atoms with Crippen LogP contribution in [0.2, 0.25) is 0 Å². The molecule has 6 aliphatic rings. The van der Waals surface area contributed by atoms with Crippen LogP contribution in [-0.4, -0.2) is 69.3 Å². The van der Waals surface area contributed by atoms with Gasteiger partial charge in [0.1, 0.15) is 6.10 Å². The third kappa shape index (κ3) is 2.00. The fourth-order valence-corrected chi connectivity index (χ4v) is 7.79. The summed E-state index contributed by atoms with van der Waals surface area (Å²) >= 11 is 0. The number of hydrogen-bond acceptors (Lipinski definition) is 5. The largest absolute Gasteiger partial charge is 0.504 e. The van der Waals surface area contributed by atoms with E-state index in [2.05, 4.69) is 4.90 Å². The van der Waals surface area contributed by atoms with Gasteiger partial charge in [-0.3, -0.25) is 9.69 Å². The summed E-state index contributed by atoms with van der Waals surface area (Å²) in [6.45, 7) is 2.83. The summed E-state index contributed by atoms with van der Waals surface area (Å²) in [6.07, 6.45) is 6.98. The van der Waals surface area contributed by atoms with E-state index in [-0.39, 0.29) is 29.8 Å². The minimum absolute atomic E-state index is 0.0198. The molecule has 2 bridgehead atoms. The van der Waals surface area contributed by atoms with E-state index in [4.69, 9.17) is 4.74 Å². The van der Waals surface area contributed by atoms with Gasteiger partial charge < -0.3 is 19.8 Å². The third-order valence-corrected chi connectivity index (χ3v) is 9.24. The molecular formula is C24H30N2O4. The van der Waals surface area contributed by atoms with Gasteiger partial charge in [-0.15, -0.1) is 0 Å². The number of aliphatic hydroxyl groups is 1. The number of hydrogen-bond donors (Lipinski definition) is 2. The summed E-state index contributed by atoms with van der Waals surface area (Å²) in [5, 5.41) is 23.1. The number of carbonyl (C=O) groups is 1. The number of benzene rings is 1. The first-order valence-corrected chi connectivity index (χ1v) is 11.8. The van der Waals surface area contributed by atoms with E-state index in [1.54, 1.807) is 6.07 Å². The van der Waals surface area contributed by atoms with Crippen molar-refractivity contribution in [2.75, 3.05) is 19.6 Å². The molecule has 1 spiro atoms. The van der Waals surface area contributed by atoms with Crippen LogP contribution in [0.15, 0.2) is 12.1 Å². The topological polar surface area (TPSA) is 73.2 Å². The van der Waals surface area contributed by atoms with Crippen molar-refractivity contribution in [1.29, 1.82) is 0 Å². The van der Waals surface area contributed by atoms with Gasteiger partial charge in [-0.25, -0.2) is 0 Å². The molecule has 2 saturated carbocycles. The molecule has 4 fully saturated rings. The third-order valence-electron chi connectivity index (χ3n) is 9.24. The predicted octanol–water partition coefficient (Wildman–Crippen LogP) is 1.95. The molecule has 6 nitrogen and oxygen atoms in total. The number of likely N-dealkylation sites (tertiary alicyclic amines) is 2. The number of phenolic OH excluding ortho intramolecular Hbond substituents is 1. The van der Waals surface area contributed by atoms with Crippen LogP contribution in [0.1, 0.15) is 56.1 Å². The Bertz CT molecular complexity index is 945. The average molecular weight is 411 g/mol. The molecule has 6 heteroatoms. The second-order valence-corrected chi connectivity index (χ2v) is 10.6. The molecule has 160 valence electrons. The Kier molecular flexibility index (Phi) is 3.40. The number of piperidine rings is 1. The van der Waals surface area contributed by atoms with Crippen LogP contribution in [0.5, 0.6) is 11.5 Å². The lowest BCUT2D eigenvalue weighted by Gasteiger charge is -2.64. The zero-order valence-electron chi connectivity index (χ0n) is 17.3. The summed E-state index contributed by atoms with van der Waals surface area (Å²) in [6, 6.07) is 3.87. The minimum atomic E-state index is -0.865. The Morgan fingerprint density at radius 2 is 2.03 bits per heavy atom. The lowest BCUT2D eigenvalue weighted by atomic mass is 9.48. The van der Waals surface area contributed by atoms with Gasteiger partial charge in [0.2, 0.25) is 5.91 Å². The van der Waals surface area contributed by atoms with Crippen molar-refractivity contribution < 1.29 is 19.7 Å². The summed E-state index contributed by atoms with van der Waals surface area (Å²) in [7, 11) is 0. The highest BCUT2D eigenvalue weighted by atomic mass is 16.5. The van der Waals surface area contributed by atoms with Crippen LogP contribution < -0.4 is 4.74 Å². The average Bonchev–Trinajstić information content (AvgIpc) is 3.32. The standard InChI is InChI=1S/C24H30N2O4/c27-17-6-5-15-12-18-24(29)8-7-16(26-10-1-2-19(26)28)22-23(24,20(15)21(17)30-22)9-11-25(18)13-14-3-4-14/h5-6,14,16,18,22,27,29H,1-4,7-13H2/t16-,18-,22-,23-,24+/m0/s1. The van der Waals surface area contributed by atoms with Crippen LogP contribution >= 0.6 is 0 Å². The van der Waals surface area contributed by atoms with Crippen molar-refractivity contribution in [2.24, 2.45) is 5.92 Å². The van der Waals surface area contributed by atoms with Crippen molar-refractivity contribution in [2.45, 2.75) is 80.6 Å². The Labute approximate surface area is 176 Å². The highest BCUT2D eigenvalue weighted by molar-refractivity contribution is 5.79. The Morgan fingerprint density at radius 3 is 2.80 bits per heavy atom. The summed E-state index contributed by atoms with van der Waals surface area (Å²) in [4.78, 5) is 17.2. The lowest BCUT2D eigenvalue weighted by molar-refractivity contribution is -0.200. The van der Waals surface area contributed by atoms with Gasteiger partial charge in [0.15, 0.2) is 11.5 Å². The van der Waals surface area contributed by atoms with Crippen molar-refractivity contribution >= 4 is 5.91 Å². The summed E-state index contributed by atoms with van der Waals surface area (Å²) < 4.78 is 6.55. The molecule has 1 amide bonds. The number of aromatic hydroxyl groups is 1. The maximum atomic E-state index is 12.6. The van der Waals surface area contributed by atoms with E-state index in [1.807, 2.05) is 11.0 Å². The van der Waals surface area contributed by atoms with Crippen molar-refractivity contribution in [3.05, 3.63) is 23.3 Å². The molecule has 1 aromatic rings. The Balaban J connectivity index is 1.39. The SMILES string of the molecule is O=C1CCCN1[C@H]1CC[C@@]2(O)[C@@H]3Cc4ccc(O)c5c4[C@@]2(CCN3CC2CC2)[C@H]1O5. The molecule has 1 aromatic carbocycles. The number of carbonyl (C=O) groups excluding carboxylic acids is 1. The quantitative estimate of drug-likeness (QED) is 0.797. The first kappa shape index (κ1) is 17.8. The second kappa shape index (κ2) is 5.71. The van der Waals surface area contributed by atoms with Gasteiger partial charge in [-0.2, -0.15) is 0 Å². The van der Waals surface area contributed by atoms with E-state index >= 15 is 0 Å². The van der Waals surface area contributed by atoms with Gasteiger partial charge in [0, 0.05) is 31.1 Å². The number of rotatable bonds is 3. The highest BCUT2D eigenvalue weighted by Gasteiger charge is 2.73. The maximum absolute atomic E-state index is 12.6. The zero-order chi connectivity index (χ0) is 20.3. The van der Waals surface area contributed by atoms with Crippen LogP contribution in [-0.2, 0) is 16.6 Å². The molecule has 0 aromatic heterocycles. The first-order chi connectivity index (χ1) is 14.5. The summed E-state index contributed by atoms with van der Waals surface area (Å²) in [5.74, 6) is 1.74. The van der Waals surface area contributed by atoms with Crippen LogP contribution in [0.3, 0.4) is 0 Å². The van der Waals surface area contributed by atoms with Crippen LogP contribution in [0, 0.1) is 5.92 Å². The normalized spacial score (nSPS) is 41.7. The molecular weight excluding hydrogens is 380 g/mol. The smallest absolute Gasteiger partial charge is 0.223 e. The molecule has 3 aliphatic carbocycles. The van der Waals surface area contributed by atoms with Gasteiger partial charge in [-0.1, -0.05) is 6.07 Å². The lowest BCUT2D eigenvalue weighted by Crippen LogP contribution is -2.78. The van der Waals surface area contributed by atoms with E-state index in [0.717, 1.165) is 56.8 Å². The summed E-state index contributed by atoms with van der Waals surface area (Å²) in [5.41, 5.74) is 0.879. The molecule has 3 heterocycles. The Morgan fingerprint density at radius 1 is 1.17 bits per heavy atom. The van der Waals surface area contributed by atoms with E-state index in [0.29, 0.717) is 18.6 Å². The predicted molar refractivity (Wildman–Crippen MR) is 110 cm³/mol. The van der Waals surface area contributed by atoms with Crippen molar-refractivity contribution in [3.8, 4) is 11.5 Å². The fraction of sp³-hybridized carbons (Fsp3) is 0.708. The van der Waals surface area contributed by atoms with E-state index in [9.17, 15) is 15.0 Å². The molecule has 5 atom stereocenters. The molecule has 30 heavy (non-hydrogen) atoms. The number of nitrogens with zero attached hydrogens (tertiary/aromatic N) is 2. The maximum Gasteiger partial charge on any atom is 0.223 e. The highest BCUT2D eigenvalue weighted by Crippen LogP contribution is 2.66. The van der Waals surface area contributed by atoms with Crippen LogP contribution in [0.25, 0.3) is 0 Å². The number of phenols is 1. The van der Waals surface area contributed by atoms with E-state index in [1.165, 1.54) is 18.4 Å². The van der Waals surface area contributed by atoms with Gasteiger partial charge >= 0.3 is 0 Å². The van der Waals surface area contributed by atoms with E-state index < -0.39 is 11.0 Å². The molecule has 0 radical (unpaired) electrons. The van der Waals surface area contributed by atoms with Gasteiger partial charge in [0.05, 0.1) is 17.1 Å². The molecule has 2 saturated heterocycles. The van der Waals surface area contributed by atoms with Crippen molar-refractivity contribution in [3.63, 3.8) is 0 Å². The molecule has 2 N–H and O–H groups in total. The van der Waals surface area contributed by atoms with Gasteiger partial charge in [0.25, 0.3) is 0 Å². The number of ether oxygens (including phenoxy) is 1. The molecule has 7 rings (SSSR count). The molecule has 3 aliphatic heterocycles. The van der Waals surface area contributed by atoms with Crippen molar-refractivity contribution in [1.82, 2.24) is 9.80 Å². The fourth-order valence-electron chi connectivity index (χ4n) is 7.79. The monoisotopic (exact) mass is 410 g/mol. The second-order valence-electron chi connectivity index (χ2n) is 10.6. The number of amides is 1. The molecule has 0 unspecified atom stereocenters. The first-order valence-electron chi connectivity index (χ1n) is 11.8. The minimum Gasteiger partial charge on any atom is -0.504 e. The van der Waals surface area contributed by atoms with Gasteiger partial charge in [-0.05, 0) is 69.0 Å². The Hall–Kier alpha value is -1.79.